The van der Waals surface area contributed by atoms with Gasteiger partial charge < -0.3 is 10.2 Å². The van der Waals surface area contributed by atoms with E-state index in [2.05, 4.69) is 46.6 Å². The van der Waals surface area contributed by atoms with E-state index in [1.807, 2.05) is 23.1 Å². The second-order valence-corrected chi connectivity index (χ2v) is 7.70. The van der Waals surface area contributed by atoms with Crippen molar-refractivity contribution in [3.8, 4) is 0 Å². The Morgan fingerprint density at radius 3 is 2.41 bits per heavy atom. The van der Waals surface area contributed by atoms with Crippen molar-refractivity contribution in [2.24, 2.45) is 0 Å². The number of piperidine rings is 1. The number of rotatable bonds is 4. The highest BCUT2D eigenvalue weighted by Crippen LogP contribution is 2.19. The van der Waals surface area contributed by atoms with Gasteiger partial charge in [-0.1, -0.05) is 48.9 Å². The molecule has 0 bridgehead atoms. The molecule has 1 unspecified atom stereocenters. The lowest BCUT2D eigenvalue weighted by Gasteiger charge is -2.34. The van der Waals surface area contributed by atoms with E-state index in [9.17, 15) is 4.79 Å². The number of nitrogens with one attached hydrogen (secondary N) is 1. The van der Waals surface area contributed by atoms with Gasteiger partial charge in [-0.3, -0.25) is 9.69 Å². The van der Waals surface area contributed by atoms with Crippen LogP contribution in [-0.2, 0) is 6.54 Å². The van der Waals surface area contributed by atoms with Gasteiger partial charge >= 0.3 is 0 Å². The molecule has 4 heteroatoms. The molecule has 4 nitrogen and oxygen atoms in total. The molecule has 0 aromatic heterocycles. The highest BCUT2D eigenvalue weighted by molar-refractivity contribution is 5.94. The summed E-state index contributed by atoms with van der Waals surface area (Å²) in [5.41, 5.74) is 3.34. The third-order valence-electron chi connectivity index (χ3n) is 5.72. The number of hydrogen-bond donors (Lipinski definition) is 1. The summed E-state index contributed by atoms with van der Waals surface area (Å²) in [4.78, 5) is 17.5. The second kappa shape index (κ2) is 8.68. The first-order valence-corrected chi connectivity index (χ1v) is 10.2. The van der Waals surface area contributed by atoms with Crippen molar-refractivity contribution in [1.82, 2.24) is 15.1 Å². The van der Waals surface area contributed by atoms with Crippen molar-refractivity contribution in [3.05, 3.63) is 71.3 Å². The molecule has 2 heterocycles. The Bertz CT molecular complexity index is 738. The van der Waals surface area contributed by atoms with E-state index in [0.717, 1.165) is 31.7 Å². The second-order valence-electron chi connectivity index (χ2n) is 7.70. The smallest absolute Gasteiger partial charge is 0.253 e. The summed E-state index contributed by atoms with van der Waals surface area (Å²) in [5.74, 6) is 0.141. The normalized spacial score (nSPS) is 21.2. The standard InChI is InChI=1S/C23H29N3O/c27-23(26-16-13-24-22(18-26)20-7-3-1-4-8-20)21-11-9-19(10-12-21)17-25-14-5-2-6-15-25/h1,3-4,7-12,22,24H,2,5-6,13-18H2. The number of piperazine rings is 1. The van der Waals surface area contributed by atoms with Crippen molar-refractivity contribution in [2.75, 3.05) is 32.7 Å². The molecular formula is C23H29N3O. The molecule has 1 N–H and O–H groups in total. The summed E-state index contributed by atoms with van der Waals surface area (Å²) in [6, 6.07) is 18.8. The summed E-state index contributed by atoms with van der Waals surface area (Å²) >= 11 is 0. The van der Waals surface area contributed by atoms with Crippen LogP contribution in [0.15, 0.2) is 54.6 Å². The van der Waals surface area contributed by atoms with Crippen molar-refractivity contribution < 1.29 is 4.79 Å². The van der Waals surface area contributed by atoms with Crippen LogP contribution in [0.3, 0.4) is 0 Å². The van der Waals surface area contributed by atoms with E-state index < -0.39 is 0 Å². The molecule has 2 aromatic rings. The lowest BCUT2D eigenvalue weighted by atomic mass is 10.0. The Labute approximate surface area is 162 Å². The third-order valence-corrected chi connectivity index (χ3v) is 5.72. The van der Waals surface area contributed by atoms with E-state index in [4.69, 9.17) is 0 Å². The molecule has 0 aliphatic carbocycles. The van der Waals surface area contributed by atoms with E-state index in [0.29, 0.717) is 0 Å². The van der Waals surface area contributed by atoms with Crippen molar-refractivity contribution in [1.29, 1.82) is 0 Å². The molecule has 1 amide bonds. The number of hydrogen-bond acceptors (Lipinski definition) is 3. The lowest BCUT2D eigenvalue weighted by molar-refractivity contribution is 0.0703. The minimum Gasteiger partial charge on any atom is -0.335 e. The fraction of sp³-hybridized carbons (Fsp3) is 0.435. The van der Waals surface area contributed by atoms with Gasteiger partial charge in [-0.15, -0.1) is 0 Å². The number of carbonyl (C=O) groups is 1. The molecule has 1 atom stereocenters. The summed E-state index contributed by atoms with van der Waals surface area (Å²) in [5, 5.41) is 3.53. The fourth-order valence-electron chi connectivity index (χ4n) is 4.15. The SMILES string of the molecule is O=C(c1ccc(CN2CCCCC2)cc1)N1CCNC(c2ccccc2)C1. The minimum atomic E-state index is 0.141. The van der Waals surface area contributed by atoms with Crippen LogP contribution >= 0.6 is 0 Å². The van der Waals surface area contributed by atoms with Crippen LogP contribution in [0.1, 0.15) is 46.8 Å². The maximum Gasteiger partial charge on any atom is 0.253 e. The number of nitrogens with zero attached hydrogens (tertiary/aromatic N) is 2. The van der Waals surface area contributed by atoms with Crippen LogP contribution < -0.4 is 5.32 Å². The first-order chi connectivity index (χ1) is 13.3. The maximum atomic E-state index is 13.0. The van der Waals surface area contributed by atoms with Gasteiger partial charge in [0.25, 0.3) is 5.91 Å². The van der Waals surface area contributed by atoms with Gasteiger partial charge in [-0.05, 0) is 49.2 Å². The van der Waals surface area contributed by atoms with Gasteiger partial charge in [0.15, 0.2) is 0 Å². The van der Waals surface area contributed by atoms with E-state index >= 15 is 0 Å². The van der Waals surface area contributed by atoms with Crippen LogP contribution in [0, 0.1) is 0 Å². The fourth-order valence-corrected chi connectivity index (χ4v) is 4.15. The molecule has 0 saturated carbocycles. The molecule has 2 saturated heterocycles. The summed E-state index contributed by atoms with van der Waals surface area (Å²) in [6.45, 7) is 5.71. The van der Waals surface area contributed by atoms with Crippen molar-refractivity contribution in [2.45, 2.75) is 31.8 Å². The zero-order chi connectivity index (χ0) is 18.5. The highest BCUT2D eigenvalue weighted by atomic mass is 16.2. The van der Waals surface area contributed by atoms with Gasteiger partial charge in [0.05, 0.1) is 0 Å². The molecule has 2 aliphatic rings. The highest BCUT2D eigenvalue weighted by Gasteiger charge is 2.25. The number of carbonyl (C=O) groups excluding carboxylic acids is 1. The third kappa shape index (κ3) is 4.57. The Morgan fingerprint density at radius 2 is 1.67 bits per heavy atom. The average molecular weight is 364 g/mol. The van der Waals surface area contributed by atoms with Crippen LogP contribution in [0.2, 0.25) is 0 Å². The maximum absolute atomic E-state index is 13.0. The molecule has 2 aliphatic heterocycles. The molecular weight excluding hydrogens is 334 g/mol. The predicted molar refractivity (Wildman–Crippen MR) is 109 cm³/mol. The Kier molecular flexibility index (Phi) is 5.85. The molecule has 142 valence electrons. The van der Waals surface area contributed by atoms with Gasteiger partial charge in [0, 0.05) is 37.8 Å². The average Bonchev–Trinajstić information content (AvgIpc) is 2.75. The summed E-state index contributed by atoms with van der Waals surface area (Å²) in [6.07, 6.45) is 3.98. The Balaban J connectivity index is 1.38. The summed E-state index contributed by atoms with van der Waals surface area (Å²) < 4.78 is 0. The first-order valence-electron chi connectivity index (χ1n) is 10.2. The number of amides is 1. The zero-order valence-corrected chi connectivity index (χ0v) is 15.9. The molecule has 0 radical (unpaired) electrons. The monoisotopic (exact) mass is 363 g/mol. The number of benzene rings is 2. The van der Waals surface area contributed by atoms with E-state index in [1.165, 1.54) is 43.5 Å². The van der Waals surface area contributed by atoms with Gasteiger partial charge in [-0.2, -0.15) is 0 Å². The van der Waals surface area contributed by atoms with E-state index in [-0.39, 0.29) is 11.9 Å². The Morgan fingerprint density at radius 1 is 0.926 bits per heavy atom. The van der Waals surface area contributed by atoms with Crippen LogP contribution in [-0.4, -0.2) is 48.4 Å². The van der Waals surface area contributed by atoms with Gasteiger partial charge in [-0.25, -0.2) is 0 Å². The zero-order valence-electron chi connectivity index (χ0n) is 15.9. The topological polar surface area (TPSA) is 35.6 Å². The molecule has 27 heavy (non-hydrogen) atoms. The Hall–Kier alpha value is -2.17. The molecule has 4 rings (SSSR count). The van der Waals surface area contributed by atoms with Crippen LogP contribution in [0.25, 0.3) is 0 Å². The first kappa shape index (κ1) is 18.2. The van der Waals surface area contributed by atoms with Gasteiger partial charge in [0.2, 0.25) is 0 Å². The van der Waals surface area contributed by atoms with Crippen LogP contribution in [0.4, 0.5) is 0 Å². The number of likely N-dealkylation sites (tertiary alicyclic amines) is 1. The molecule has 0 spiro atoms. The van der Waals surface area contributed by atoms with Gasteiger partial charge in [0.1, 0.15) is 0 Å². The lowest BCUT2D eigenvalue weighted by Crippen LogP contribution is -2.48. The van der Waals surface area contributed by atoms with Crippen molar-refractivity contribution >= 4 is 5.91 Å². The summed E-state index contributed by atoms with van der Waals surface area (Å²) in [7, 11) is 0. The molecule has 2 aromatic carbocycles. The van der Waals surface area contributed by atoms with E-state index in [1.54, 1.807) is 0 Å². The minimum absolute atomic E-state index is 0.141. The van der Waals surface area contributed by atoms with Crippen molar-refractivity contribution in [3.63, 3.8) is 0 Å². The quantitative estimate of drug-likeness (QED) is 0.904. The largest absolute Gasteiger partial charge is 0.335 e. The van der Waals surface area contributed by atoms with Crippen LogP contribution in [0.5, 0.6) is 0 Å². The predicted octanol–water partition coefficient (Wildman–Crippen LogP) is 3.46. The molecule has 2 fully saturated rings.